The fourth-order valence-electron chi connectivity index (χ4n) is 3.80. The number of halogens is 3. The maximum absolute atomic E-state index is 14.0. The van der Waals surface area contributed by atoms with E-state index in [2.05, 4.69) is 4.98 Å². The number of nitrogens with zero attached hydrogens (tertiary/aromatic N) is 1. The molecule has 3 aromatic rings. The molecular formula is C20H14F3N2O3-. The van der Waals surface area contributed by atoms with E-state index in [4.69, 9.17) is 0 Å². The highest BCUT2D eigenvalue weighted by atomic mass is 19.4. The van der Waals surface area contributed by atoms with E-state index in [-0.39, 0.29) is 24.2 Å². The first kappa shape index (κ1) is 18.1. The Hall–Kier alpha value is -3.29. The Labute approximate surface area is 157 Å². The van der Waals surface area contributed by atoms with E-state index in [1.54, 1.807) is 24.3 Å². The van der Waals surface area contributed by atoms with Crippen molar-refractivity contribution in [3.63, 3.8) is 0 Å². The van der Waals surface area contributed by atoms with E-state index in [0.717, 1.165) is 6.07 Å². The minimum Gasteiger partial charge on any atom is -0.545 e. The van der Waals surface area contributed by atoms with Gasteiger partial charge in [-0.2, -0.15) is 13.2 Å². The standard InChI is InChI=1S/C20H15F3N2O3/c21-20(22,23)17-16-12(11-5-3-4-8-15(11)24-16)9-10-25(17)18(26)13-6-1-2-7-14(13)19(27)28/h1-8,17,24H,9-10H2,(H,27,28)/p-1/t17-/m1/s1. The summed E-state index contributed by atoms with van der Waals surface area (Å²) in [6.07, 6.45) is -4.51. The van der Waals surface area contributed by atoms with Crippen LogP contribution in [0.15, 0.2) is 48.5 Å². The summed E-state index contributed by atoms with van der Waals surface area (Å²) in [4.78, 5) is 27.7. The number of aromatic carboxylic acids is 1. The lowest BCUT2D eigenvalue weighted by molar-refractivity contribution is -0.255. The van der Waals surface area contributed by atoms with Crippen molar-refractivity contribution < 1.29 is 27.9 Å². The summed E-state index contributed by atoms with van der Waals surface area (Å²) < 4.78 is 42.0. The number of hydrogen-bond acceptors (Lipinski definition) is 3. The van der Waals surface area contributed by atoms with Crippen LogP contribution in [0.25, 0.3) is 10.9 Å². The number of carbonyl (C=O) groups is 2. The highest BCUT2D eigenvalue weighted by molar-refractivity contribution is 6.04. The highest BCUT2D eigenvalue weighted by Crippen LogP contribution is 2.44. The lowest BCUT2D eigenvalue weighted by Gasteiger charge is -2.37. The van der Waals surface area contributed by atoms with Crippen molar-refractivity contribution in [2.24, 2.45) is 0 Å². The fraction of sp³-hybridized carbons (Fsp3) is 0.200. The highest BCUT2D eigenvalue weighted by Gasteiger charge is 2.50. The van der Waals surface area contributed by atoms with Crippen LogP contribution in [0.2, 0.25) is 0 Å². The van der Waals surface area contributed by atoms with Crippen molar-refractivity contribution >= 4 is 22.8 Å². The number of carboxylic acid groups (broad SMARTS) is 1. The van der Waals surface area contributed by atoms with Crippen LogP contribution in [-0.4, -0.2) is 34.5 Å². The van der Waals surface area contributed by atoms with Crippen LogP contribution in [0.4, 0.5) is 13.2 Å². The van der Waals surface area contributed by atoms with Crippen LogP contribution in [-0.2, 0) is 6.42 Å². The number of hydrogen-bond donors (Lipinski definition) is 1. The first-order valence-corrected chi connectivity index (χ1v) is 8.56. The summed E-state index contributed by atoms with van der Waals surface area (Å²) >= 11 is 0. The van der Waals surface area contributed by atoms with E-state index in [9.17, 15) is 27.9 Å². The third-order valence-electron chi connectivity index (χ3n) is 4.98. The summed E-state index contributed by atoms with van der Waals surface area (Å²) in [5, 5.41) is 12.0. The second-order valence-corrected chi connectivity index (χ2v) is 6.59. The van der Waals surface area contributed by atoms with Crippen molar-refractivity contribution in [1.29, 1.82) is 0 Å². The second kappa shape index (κ2) is 6.40. The van der Waals surface area contributed by atoms with Gasteiger partial charge in [-0.1, -0.05) is 36.4 Å². The molecule has 1 atom stereocenters. The maximum atomic E-state index is 14.0. The zero-order chi connectivity index (χ0) is 20.1. The SMILES string of the molecule is O=C([O-])c1ccccc1C(=O)N1CCc2c([nH]c3ccccc23)[C@@H]1C(F)(F)F. The number of carbonyl (C=O) groups excluding carboxylic acids is 2. The number of amides is 1. The molecule has 0 unspecified atom stereocenters. The molecule has 0 saturated carbocycles. The van der Waals surface area contributed by atoms with Gasteiger partial charge in [0.05, 0.1) is 11.7 Å². The molecule has 8 heteroatoms. The summed E-state index contributed by atoms with van der Waals surface area (Å²) in [5.74, 6) is -2.61. The fourth-order valence-corrected chi connectivity index (χ4v) is 3.80. The topological polar surface area (TPSA) is 76.2 Å². The molecule has 28 heavy (non-hydrogen) atoms. The van der Waals surface area contributed by atoms with Crippen LogP contribution in [0.1, 0.15) is 38.0 Å². The van der Waals surface area contributed by atoms with E-state index < -0.39 is 29.7 Å². The summed E-state index contributed by atoms with van der Waals surface area (Å²) in [6, 6.07) is 9.81. The number of carboxylic acids is 1. The molecule has 1 N–H and O–H groups in total. The molecule has 0 spiro atoms. The lowest BCUT2D eigenvalue weighted by atomic mass is 9.95. The van der Waals surface area contributed by atoms with Gasteiger partial charge in [-0.05, 0) is 24.1 Å². The Balaban J connectivity index is 1.84. The molecule has 0 bridgehead atoms. The van der Waals surface area contributed by atoms with Crippen LogP contribution in [0, 0.1) is 0 Å². The molecule has 4 rings (SSSR count). The first-order valence-electron chi connectivity index (χ1n) is 8.56. The Kier molecular flexibility index (Phi) is 4.14. The van der Waals surface area contributed by atoms with Gasteiger partial charge in [0.15, 0.2) is 6.04 Å². The quantitative estimate of drug-likeness (QED) is 0.735. The molecule has 0 fully saturated rings. The third kappa shape index (κ3) is 2.81. The number of fused-ring (bicyclic) bond motifs is 3. The number of H-pyrrole nitrogens is 1. The molecule has 2 aromatic carbocycles. The molecule has 1 amide bonds. The number of aromatic amines is 1. The smallest absolute Gasteiger partial charge is 0.414 e. The van der Waals surface area contributed by atoms with E-state index in [1.165, 1.54) is 18.2 Å². The number of alkyl halides is 3. The molecule has 0 radical (unpaired) electrons. The Bertz CT molecular complexity index is 1090. The average Bonchev–Trinajstić information content (AvgIpc) is 3.04. The van der Waals surface area contributed by atoms with Crippen LogP contribution < -0.4 is 5.11 Å². The normalized spacial score (nSPS) is 16.8. The second-order valence-electron chi connectivity index (χ2n) is 6.59. The van der Waals surface area contributed by atoms with Crippen LogP contribution in [0.5, 0.6) is 0 Å². The predicted octanol–water partition coefficient (Wildman–Crippen LogP) is 2.83. The molecule has 2 heterocycles. The van der Waals surface area contributed by atoms with E-state index >= 15 is 0 Å². The van der Waals surface area contributed by atoms with Gasteiger partial charge in [0.25, 0.3) is 5.91 Å². The van der Waals surface area contributed by atoms with Gasteiger partial charge in [0.2, 0.25) is 0 Å². The van der Waals surface area contributed by atoms with Gasteiger partial charge in [-0.25, -0.2) is 0 Å². The van der Waals surface area contributed by atoms with E-state index in [1.807, 2.05) is 0 Å². The van der Waals surface area contributed by atoms with E-state index in [0.29, 0.717) is 21.4 Å². The molecule has 0 aliphatic carbocycles. The van der Waals surface area contributed by atoms with Crippen molar-refractivity contribution in [2.45, 2.75) is 18.6 Å². The van der Waals surface area contributed by atoms with Gasteiger partial charge in [-0.15, -0.1) is 0 Å². The van der Waals surface area contributed by atoms with Crippen molar-refractivity contribution in [2.75, 3.05) is 6.54 Å². The Morgan fingerprint density at radius 2 is 1.68 bits per heavy atom. The van der Waals surface area contributed by atoms with Gasteiger partial charge < -0.3 is 19.8 Å². The first-order chi connectivity index (χ1) is 13.3. The minimum atomic E-state index is -4.73. The van der Waals surface area contributed by atoms with Gasteiger partial charge >= 0.3 is 6.18 Å². The number of benzene rings is 2. The van der Waals surface area contributed by atoms with Crippen molar-refractivity contribution in [3.8, 4) is 0 Å². The molecule has 5 nitrogen and oxygen atoms in total. The predicted molar refractivity (Wildman–Crippen MR) is 92.6 cm³/mol. The van der Waals surface area contributed by atoms with Crippen LogP contribution in [0.3, 0.4) is 0 Å². The molecular weight excluding hydrogens is 373 g/mol. The average molecular weight is 387 g/mol. The third-order valence-corrected chi connectivity index (χ3v) is 4.98. The largest absolute Gasteiger partial charge is 0.545 e. The Morgan fingerprint density at radius 1 is 1.04 bits per heavy atom. The zero-order valence-corrected chi connectivity index (χ0v) is 14.4. The maximum Gasteiger partial charge on any atom is 0.414 e. The van der Waals surface area contributed by atoms with Gasteiger partial charge in [0.1, 0.15) is 0 Å². The van der Waals surface area contributed by atoms with Crippen molar-refractivity contribution in [1.82, 2.24) is 9.88 Å². The monoisotopic (exact) mass is 387 g/mol. The number of aromatic nitrogens is 1. The molecule has 1 aromatic heterocycles. The Morgan fingerprint density at radius 3 is 2.36 bits per heavy atom. The molecule has 1 aliphatic heterocycles. The molecule has 1 aliphatic rings. The zero-order valence-electron chi connectivity index (χ0n) is 14.4. The van der Waals surface area contributed by atoms with Gasteiger partial charge in [0, 0.05) is 28.6 Å². The van der Waals surface area contributed by atoms with Crippen LogP contribution >= 0.6 is 0 Å². The lowest BCUT2D eigenvalue weighted by Crippen LogP contribution is -2.47. The summed E-state index contributed by atoms with van der Waals surface area (Å²) in [7, 11) is 0. The summed E-state index contributed by atoms with van der Waals surface area (Å²) in [5.41, 5.74) is 0.243. The summed E-state index contributed by atoms with van der Waals surface area (Å²) in [6.45, 7) is -0.181. The molecule has 0 saturated heterocycles. The molecule has 144 valence electrons. The van der Waals surface area contributed by atoms with Crippen molar-refractivity contribution in [3.05, 3.63) is 70.9 Å². The van der Waals surface area contributed by atoms with Gasteiger partial charge in [-0.3, -0.25) is 4.79 Å². The number of para-hydroxylation sites is 1. The number of rotatable bonds is 2. The minimum absolute atomic E-state index is 0.0840. The number of nitrogens with one attached hydrogen (secondary N) is 1.